The molecule has 0 spiro atoms. The van der Waals surface area contributed by atoms with Crippen LogP contribution in [0.2, 0.25) is 0 Å². The second-order valence-corrected chi connectivity index (χ2v) is 10.4. The normalized spacial score (nSPS) is 11.2. The van der Waals surface area contributed by atoms with E-state index in [0.717, 1.165) is 29.7 Å². The van der Waals surface area contributed by atoms with Crippen LogP contribution in [0.5, 0.6) is 5.75 Å². The maximum Gasteiger partial charge on any atom is 0.261 e. The minimum atomic E-state index is -3.74. The Labute approximate surface area is 208 Å². The smallest absolute Gasteiger partial charge is 0.261 e. The molecule has 0 aliphatic heterocycles. The number of rotatable bonds is 12. The van der Waals surface area contributed by atoms with E-state index in [2.05, 4.69) is 17.0 Å². The third-order valence-corrected chi connectivity index (χ3v) is 7.21. The van der Waals surface area contributed by atoms with Crippen molar-refractivity contribution in [1.29, 1.82) is 0 Å². The molecule has 0 aromatic heterocycles. The van der Waals surface area contributed by atoms with Gasteiger partial charge in [-0.15, -0.1) is 0 Å². The summed E-state index contributed by atoms with van der Waals surface area (Å²) in [7, 11) is -3.74. The van der Waals surface area contributed by atoms with E-state index >= 15 is 0 Å². The van der Waals surface area contributed by atoms with Crippen LogP contribution in [0, 0.1) is 13.8 Å². The molecule has 0 heterocycles. The Kier molecular flexibility index (Phi) is 9.32. The summed E-state index contributed by atoms with van der Waals surface area (Å²) in [4.78, 5) is 12.7. The van der Waals surface area contributed by atoms with Crippen molar-refractivity contribution in [3.63, 3.8) is 0 Å². The van der Waals surface area contributed by atoms with Gasteiger partial charge < -0.3 is 10.1 Å². The first-order valence-corrected chi connectivity index (χ1v) is 13.5. The molecule has 1 amide bonds. The van der Waals surface area contributed by atoms with E-state index in [4.69, 9.17) is 4.74 Å². The second kappa shape index (κ2) is 12.4. The average molecular weight is 495 g/mol. The number of sulfonamides is 1. The second-order valence-electron chi connectivity index (χ2n) is 8.67. The number of amides is 1. The van der Waals surface area contributed by atoms with Crippen molar-refractivity contribution in [2.24, 2.45) is 0 Å². The molecule has 3 aromatic carbocycles. The molecule has 35 heavy (non-hydrogen) atoms. The van der Waals surface area contributed by atoms with Crippen LogP contribution in [0.1, 0.15) is 60.5 Å². The molecule has 0 aliphatic rings. The predicted octanol–water partition coefficient (Wildman–Crippen LogP) is 6.71. The predicted molar refractivity (Wildman–Crippen MR) is 142 cm³/mol. The molecule has 0 bridgehead atoms. The summed E-state index contributed by atoms with van der Waals surface area (Å²) in [5, 5.41) is 2.80. The lowest BCUT2D eigenvalue weighted by molar-refractivity contribution is 0.102. The van der Waals surface area contributed by atoms with Gasteiger partial charge in [-0.05, 0) is 92.1 Å². The summed E-state index contributed by atoms with van der Waals surface area (Å²) in [5.74, 6) is 0.461. The zero-order chi connectivity index (χ0) is 25.3. The number of carbonyl (C=O) groups excluding carboxylic acids is 1. The van der Waals surface area contributed by atoms with Crippen LogP contribution in [-0.4, -0.2) is 20.9 Å². The SMILES string of the molecule is CCCCCCCOc1ccc(C(=O)Nc2ccc(S(=O)(=O)Nc3ccc(C)c(C)c3)cc2)cc1. The first kappa shape index (κ1) is 26.3. The lowest BCUT2D eigenvalue weighted by Crippen LogP contribution is -2.14. The number of nitrogens with one attached hydrogen (secondary N) is 2. The van der Waals surface area contributed by atoms with Gasteiger partial charge >= 0.3 is 0 Å². The minimum Gasteiger partial charge on any atom is -0.494 e. The van der Waals surface area contributed by atoms with Crippen molar-refractivity contribution in [1.82, 2.24) is 0 Å². The summed E-state index contributed by atoms with van der Waals surface area (Å²) in [5.41, 5.74) is 3.61. The molecule has 0 atom stereocenters. The van der Waals surface area contributed by atoms with E-state index in [0.29, 0.717) is 23.5 Å². The van der Waals surface area contributed by atoms with E-state index in [1.807, 2.05) is 19.9 Å². The molecule has 7 heteroatoms. The van der Waals surface area contributed by atoms with Crippen LogP contribution in [0.25, 0.3) is 0 Å². The maximum atomic E-state index is 12.7. The fraction of sp³-hybridized carbons (Fsp3) is 0.321. The van der Waals surface area contributed by atoms with Crippen LogP contribution in [-0.2, 0) is 10.0 Å². The van der Waals surface area contributed by atoms with Crippen molar-refractivity contribution in [2.75, 3.05) is 16.6 Å². The molecular weight excluding hydrogens is 460 g/mol. The van der Waals surface area contributed by atoms with Crippen molar-refractivity contribution in [3.8, 4) is 5.75 Å². The molecule has 186 valence electrons. The van der Waals surface area contributed by atoms with Gasteiger partial charge in [0.25, 0.3) is 15.9 Å². The lowest BCUT2D eigenvalue weighted by Gasteiger charge is -2.11. The molecule has 0 fully saturated rings. The van der Waals surface area contributed by atoms with Crippen LogP contribution < -0.4 is 14.8 Å². The van der Waals surface area contributed by atoms with Gasteiger partial charge in [0.15, 0.2) is 0 Å². The van der Waals surface area contributed by atoms with Crippen molar-refractivity contribution < 1.29 is 17.9 Å². The standard InChI is InChI=1S/C28H34N2O4S/c1-4-5-6-7-8-19-34-26-15-10-23(11-16-26)28(31)29-24-13-17-27(18-14-24)35(32,33)30-25-12-9-21(2)22(3)20-25/h9-18,20,30H,4-8,19H2,1-3H3,(H,29,31). The summed E-state index contributed by atoms with van der Waals surface area (Å²) in [6.45, 7) is 6.77. The molecule has 3 aromatic rings. The molecule has 0 saturated carbocycles. The first-order valence-electron chi connectivity index (χ1n) is 12.0. The van der Waals surface area contributed by atoms with Gasteiger partial charge in [-0.2, -0.15) is 0 Å². The molecule has 6 nitrogen and oxygen atoms in total. The van der Waals surface area contributed by atoms with Crippen LogP contribution in [0.4, 0.5) is 11.4 Å². The summed E-state index contributed by atoms with van der Waals surface area (Å²) in [6, 6.07) is 18.5. The van der Waals surface area contributed by atoms with Crippen molar-refractivity contribution in [2.45, 2.75) is 57.8 Å². The molecule has 0 unspecified atom stereocenters. The van der Waals surface area contributed by atoms with Crippen LogP contribution in [0.15, 0.2) is 71.6 Å². The van der Waals surface area contributed by atoms with E-state index in [1.165, 1.54) is 31.4 Å². The zero-order valence-corrected chi connectivity index (χ0v) is 21.5. The first-order chi connectivity index (χ1) is 16.8. The van der Waals surface area contributed by atoms with E-state index in [9.17, 15) is 13.2 Å². The Hall–Kier alpha value is -3.32. The Balaban J connectivity index is 1.54. The third kappa shape index (κ3) is 7.86. The lowest BCUT2D eigenvalue weighted by atomic mass is 10.1. The van der Waals surface area contributed by atoms with Gasteiger partial charge in [0, 0.05) is 16.9 Å². The number of hydrogen-bond donors (Lipinski definition) is 2. The number of benzene rings is 3. The molecule has 0 aliphatic carbocycles. The third-order valence-electron chi connectivity index (χ3n) is 5.81. The number of hydrogen-bond acceptors (Lipinski definition) is 4. The van der Waals surface area contributed by atoms with Crippen molar-refractivity contribution >= 4 is 27.3 Å². The maximum absolute atomic E-state index is 12.7. The highest BCUT2D eigenvalue weighted by Crippen LogP contribution is 2.21. The highest BCUT2D eigenvalue weighted by molar-refractivity contribution is 7.92. The highest BCUT2D eigenvalue weighted by Gasteiger charge is 2.15. The Bertz CT molecular complexity index is 1220. The number of ether oxygens (including phenoxy) is 1. The van der Waals surface area contributed by atoms with Gasteiger partial charge in [0.05, 0.1) is 11.5 Å². The quantitative estimate of drug-likeness (QED) is 0.274. The number of carbonyl (C=O) groups is 1. The minimum absolute atomic E-state index is 0.116. The summed E-state index contributed by atoms with van der Waals surface area (Å²) >= 11 is 0. The van der Waals surface area contributed by atoms with E-state index < -0.39 is 10.0 Å². The topological polar surface area (TPSA) is 84.5 Å². The van der Waals surface area contributed by atoms with E-state index in [-0.39, 0.29) is 10.8 Å². The number of anilines is 2. The Morgan fingerprint density at radius 3 is 2.11 bits per heavy atom. The fourth-order valence-corrected chi connectivity index (χ4v) is 4.59. The monoisotopic (exact) mass is 494 g/mol. The summed E-state index contributed by atoms with van der Waals surface area (Å²) < 4.78 is 33.8. The molecular formula is C28H34N2O4S. The van der Waals surface area contributed by atoms with Gasteiger partial charge in [0.1, 0.15) is 5.75 Å². The van der Waals surface area contributed by atoms with E-state index in [1.54, 1.807) is 48.5 Å². The molecule has 2 N–H and O–H groups in total. The Morgan fingerprint density at radius 1 is 0.800 bits per heavy atom. The fourth-order valence-electron chi connectivity index (χ4n) is 3.54. The summed E-state index contributed by atoms with van der Waals surface area (Å²) in [6.07, 6.45) is 5.89. The van der Waals surface area contributed by atoms with Crippen molar-refractivity contribution in [3.05, 3.63) is 83.4 Å². The van der Waals surface area contributed by atoms with Gasteiger partial charge in [-0.3, -0.25) is 9.52 Å². The molecule has 0 radical (unpaired) electrons. The van der Waals surface area contributed by atoms with Gasteiger partial charge in [0.2, 0.25) is 0 Å². The van der Waals surface area contributed by atoms with Crippen LogP contribution in [0.3, 0.4) is 0 Å². The highest BCUT2D eigenvalue weighted by atomic mass is 32.2. The van der Waals surface area contributed by atoms with Gasteiger partial charge in [-0.25, -0.2) is 8.42 Å². The number of aryl methyl sites for hydroxylation is 2. The molecule has 3 rings (SSSR count). The largest absolute Gasteiger partial charge is 0.494 e. The zero-order valence-electron chi connectivity index (χ0n) is 20.6. The number of unbranched alkanes of at least 4 members (excludes halogenated alkanes) is 4. The average Bonchev–Trinajstić information content (AvgIpc) is 2.84. The Morgan fingerprint density at radius 2 is 1.46 bits per heavy atom. The molecule has 0 saturated heterocycles. The van der Waals surface area contributed by atoms with Crippen LogP contribution >= 0.6 is 0 Å². The van der Waals surface area contributed by atoms with Gasteiger partial charge in [-0.1, -0.05) is 38.7 Å².